The van der Waals surface area contributed by atoms with E-state index >= 15 is 0 Å². The molecule has 138 valence electrons. The van der Waals surface area contributed by atoms with Crippen molar-refractivity contribution < 1.29 is 23.1 Å². The quantitative estimate of drug-likeness (QED) is 0.798. The van der Waals surface area contributed by atoms with Crippen LogP contribution in [-0.4, -0.2) is 31.6 Å². The molecule has 7 heteroatoms. The average Bonchev–Trinajstić information content (AvgIpc) is 2.61. The van der Waals surface area contributed by atoms with Crippen molar-refractivity contribution in [2.45, 2.75) is 19.9 Å². The highest BCUT2D eigenvalue weighted by Crippen LogP contribution is 2.21. The molecule has 0 fully saturated rings. The molecule has 2 aromatic carbocycles. The lowest BCUT2D eigenvalue weighted by Gasteiger charge is -2.27. The Bertz CT molecular complexity index is 795. The van der Waals surface area contributed by atoms with Gasteiger partial charge in [-0.1, -0.05) is 18.2 Å². The molecule has 5 nitrogen and oxygen atoms in total. The first-order chi connectivity index (χ1) is 12.3. The van der Waals surface area contributed by atoms with Crippen molar-refractivity contribution in [1.82, 2.24) is 0 Å². The number of anilines is 2. The normalized spacial score (nSPS) is 10.5. The van der Waals surface area contributed by atoms with Crippen molar-refractivity contribution in [3.63, 3.8) is 0 Å². The van der Waals surface area contributed by atoms with Crippen LogP contribution < -0.4 is 10.2 Å². The van der Waals surface area contributed by atoms with Crippen molar-refractivity contribution in [2.24, 2.45) is 0 Å². The number of hydrogen-bond donors (Lipinski definition) is 1. The Morgan fingerprint density at radius 3 is 2.35 bits per heavy atom. The van der Waals surface area contributed by atoms with Crippen LogP contribution in [0.4, 0.5) is 20.2 Å². The zero-order valence-corrected chi connectivity index (χ0v) is 14.8. The monoisotopic (exact) mass is 362 g/mol. The molecule has 0 atom stereocenters. The summed E-state index contributed by atoms with van der Waals surface area (Å²) in [5.41, 5.74) is 0.147. The van der Waals surface area contributed by atoms with Crippen LogP contribution in [0.2, 0.25) is 0 Å². The first-order valence-electron chi connectivity index (χ1n) is 8.03. The average molecular weight is 362 g/mol. The molecule has 0 saturated heterocycles. The van der Waals surface area contributed by atoms with Crippen molar-refractivity contribution in [3.05, 3.63) is 59.7 Å². The molecule has 1 amide bonds. The standard InChI is InChI=1S/C19H20F2N2O3/c1-12(2)23(13-7-5-4-6-8-13)18(24)11-22-17-9-14(19(25)26-3)15(20)10-16(17)21/h4-10,12,22H,11H2,1-3H3. The zero-order valence-electron chi connectivity index (χ0n) is 14.8. The predicted octanol–water partition coefficient (Wildman–Crippen LogP) is 3.60. The fourth-order valence-electron chi connectivity index (χ4n) is 2.53. The molecule has 2 rings (SSSR count). The van der Waals surface area contributed by atoms with E-state index in [-0.39, 0.29) is 24.2 Å². The molecule has 0 aliphatic heterocycles. The molecule has 0 aromatic heterocycles. The van der Waals surface area contributed by atoms with Gasteiger partial charge in [-0.25, -0.2) is 13.6 Å². The highest BCUT2D eigenvalue weighted by Gasteiger charge is 2.20. The summed E-state index contributed by atoms with van der Waals surface area (Å²) in [5.74, 6) is -3.16. The number of carbonyl (C=O) groups is 2. The van der Waals surface area contributed by atoms with Gasteiger partial charge in [-0.3, -0.25) is 4.79 Å². The van der Waals surface area contributed by atoms with Crippen molar-refractivity contribution >= 4 is 23.3 Å². The molecule has 0 spiro atoms. The van der Waals surface area contributed by atoms with Gasteiger partial charge in [-0.2, -0.15) is 0 Å². The lowest BCUT2D eigenvalue weighted by atomic mass is 10.1. The van der Waals surface area contributed by atoms with Crippen LogP contribution >= 0.6 is 0 Å². The number of nitrogens with one attached hydrogen (secondary N) is 1. The number of methoxy groups -OCH3 is 1. The molecule has 0 unspecified atom stereocenters. The Balaban J connectivity index is 2.19. The largest absolute Gasteiger partial charge is 0.465 e. The van der Waals surface area contributed by atoms with E-state index < -0.39 is 23.2 Å². The van der Waals surface area contributed by atoms with Gasteiger partial charge >= 0.3 is 5.97 Å². The van der Waals surface area contributed by atoms with Crippen LogP contribution in [-0.2, 0) is 9.53 Å². The number of benzene rings is 2. The van der Waals surface area contributed by atoms with Crippen LogP contribution in [0.1, 0.15) is 24.2 Å². The van der Waals surface area contributed by atoms with Gasteiger partial charge in [-0.15, -0.1) is 0 Å². The van der Waals surface area contributed by atoms with Crippen molar-refractivity contribution in [2.75, 3.05) is 23.9 Å². The maximum Gasteiger partial charge on any atom is 0.340 e. The molecule has 26 heavy (non-hydrogen) atoms. The number of para-hydroxylation sites is 1. The summed E-state index contributed by atoms with van der Waals surface area (Å²) in [7, 11) is 1.10. The minimum absolute atomic E-state index is 0.115. The SMILES string of the molecule is COC(=O)c1cc(NCC(=O)N(c2ccccc2)C(C)C)c(F)cc1F. The van der Waals surface area contributed by atoms with E-state index in [1.165, 1.54) is 0 Å². The molecule has 1 N–H and O–H groups in total. The van der Waals surface area contributed by atoms with Crippen molar-refractivity contribution in [1.29, 1.82) is 0 Å². The van der Waals surface area contributed by atoms with Gasteiger partial charge < -0.3 is 15.0 Å². The van der Waals surface area contributed by atoms with Gasteiger partial charge in [0.1, 0.15) is 11.6 Å². The lowest BCUT2D eigenvalue weighted by Crippen LogP contribution is -2.40. The number of rotatable bonds is 6. The minimum Gasteiger partial charge on any atom is -0.465 e. The van der Waals surface area contributed by atoms with Crippen LogP contribution in [0.5, 0.6) is 0 Å². The smallest absolute Gasteiger partial charge is 0.340 e. The van der Waals surface area contributed by atoms with Gasteiger partial charge in [0.15, 0.2) is 0 Å². The second kappa shape index (κ2) is 8.42. The summed E-state index contributed by atoms with van der Waals surface area (Å²) in [4.78, 5) is 25.7. The predicted molar refractivity (Wildman–Crippen MR) is 95.3 cm³/mol. The molecular formula is C19H20F2N2O3. The summed E-state index contributed by atoms with van der Waals surface area (Å²) < 4.78 is 32.1. The van der Waals surface area contributed by atoms with E-state index in [2.05, 4.69) is 10.1 Å². The van der Waals surface area contributed by atoms with Gasteiger partial charge in [0.25, 0.3) is 0 Å². The zero-order chi connectivity index (χ0) is 19.3. The molecule has 0 aliphatic rings. The first-order valence-corrected chi connectivity index (χ1v) is 8.03. The van der Waals surface area contributed by atoms with E-state index in [4.69, 9.17) is 0 Å². The summed E-state index contributed by atoms with van der Waals surface area (Å²) in [6, 6.07) is 10.5. The first kappa shape index (κ1) is 19.4. The van der Waals surface area contributed by atoms with Crippen LogP contribution in [0.15, 0.2) is 42.5 Å². The number of nitrogens with zero attached hydrogens (tertiary/aromatic N) is 1. The summed E-state index contributed by atoms with van der Waals surface area (Å²) >= 11 is 0. The van der Waals surface area contributed by atoms with Gasteiger partial charge in [0, 0.05) is 17.8 Å². The summed E-state index contributed by atoms with van der Waals surface area (Å²) in [5, 5.41) is 2.62. The van der Waals surface area contributed by atoms with Crippen LogP contribution in [0, 0.1) is 11.6 Å². The van der Waals surface area contributed by atoms with E-state index in [1.807, 2.05) is 32.0 Å². The number of esters is 1. The fraction of sp³-hybridized carbons (Fsp3) is 0.263. The maximum absolute atomic E-state index is 14.0. The molecular weight excluding hydrogens is 342 g/mol. The Morgan fingerprint density at radius 2 is 1.77 bits per heavy atom. The third kappa shape index (κ3) is 4.36. The molecule has 0 aliphatic carbocycles. The number of halogens is 2. The minimum atomic E-state index is -1.03. The van der Waals surface area contributed by atoms with E-state index in [9.17, 15) is 18.4 Å². The number of amides is 1. The third-order valence-corrected chi connectivity index (χ3v) is 3.71. The van der Waals surface area contributed by atoms with Gasteiger partial charge in [0.2, 0.25) is 5.91 Å². The number of carbonyl (C=O) groups excluding carboxylic acids is 2. The molecule has 0 saturated carbocycles. The van der Waals surface area contributed by atoms with E-state index in [0.717, 1.165) is 13.2 Å². The van der Waals surface area contributed by atoms with Gasteiger partial charge in [0.05, 0.1) is 24.9 Å². The Hall–Kier alpha value is -2.96. The summed E-state index contributed by atoms with van der Waals surface area (Å²) in [6.07, 6.45) is 0. The second-order valence-corrected chi connectivity index (χ2v) is 5.85. The highest BCUT2D eigenvalue weighted by atomic mass is 19.1. The Labute approximate surface area is 150 Å². The Kier molecular flexibility index (Phi) is 6.27. The van der Waals surface area contributed by atoms with E-state index in [1.54, 1.807) is 17.0 Å². The second-order valence-electron chi connectivity index (χ2n) is 5.85. The topological polar surface area (TPSA) is 58.6 Å². The van der Waals surface area contributed by atoms with Crippen LogP contribution in [0.3, 0.4) is 0 Å². The van der Waals surface area contributed by atoms with Crippen molar-refractivity contribution in [3.8, 4) is 0 Å². The molecule has 2 aromatic rings. The number of ether oxygens (including phenoxy) is 1. The molecule has 0 radical (unpaired) electrons. The highest BCUT2D eigenvalue weighted by molar-refractivity contribution is 5.97. The summed E-state index contributed by atoms with van der Waals surface area (Å²) in [6.45, 7) is 3.49. The third-order valence-electron chi connectivity index (χ3n) is 3.71. The molecule has 0 heterocycles. The molecule has 0 bridgehead atoms. The number of hydrogen-bond acceptors (Lipinski definition) is 4. The Morgan fingerprint density at radius 1 is 1.12 bits per heavy atom. The lowest BCUT2D eigenvalue weighted by molar-refractivity contribution is -0.117. The van der Waals surface area contributed by atoms with Crippen LogP contribution in [0.25, 0.3) is 0 Å². The maximum atomic E-state index is 14.0. The fourth-order valence-corrected chi connectivity index (χ4v) is 2.53. The van der Waals surface area contributed by atoms with E-state index in [0.29, 0.717) is 11.8 Å². The van der Waals surface area contributed by atoms with Gasteiger partial charge in [-0.05, 0) is 32.0 Å².